The number of carbonyl (C=O) groups excluding carboxylic acids is 1. The van der Waals surface area contributed by atoms with Crippen molar-refractivity contribution < 1.29 is 9.53 Å². The average molecular weight is 240 g/mol. The Morgan fingerprint density at radius 2 is 2.35 bits per heavy atom. The summed E-state index contributed by atoms with van der Waals surface area (Å²) >= 11 is 0. The lowest BCUT2D eigenvalue weighted by molar-refractivity contribution is -0.125. The van der Waals surface area contributed by atoms with E-state index in [1.54, 1.807) is 0 Å². The van der Waals surface area contributed by atoms with E-state index < -0.39 is 0 Å². The number of hydrogen-bond acceptors (Lipinski definition) is 3. The van der Waals surface area contributed by atoms with E-state index in [9.17, 15) is 4.79 Å². The molecule has 4 heteroatoms. The topological polar surface area (TPSA) is 50.4 Å². The molecule has 0 saturated carbocycles. The highest BCUT2D eigenvalue weighted by molar-refractivity contribution is 5.79. The number of ether oxygens (including phenoxy) is 1. The molecule has 2 aliphatic rings. The van der Waals surface area contributed by atoms with Gasteiger partial charge in [0.25, 0.3) is 0 Å². The summed E-state index contributed by atoms with van der Waals surface area (Å²) in [5.41, 5.74) is 0. The van der Waals surface area contributed by atoms with E-state index in [4.69, 9.17) is 4.74 Å². The number of rotatable bonds is 4. The van der Waals surface area contributed by atoms with Crippen molar-refractivity contribution in [2.24, 2.45) is 11.8 Å². The van der Waals surface area contributed by atoms with Gasteiger partial charge in [0.1, 0.15) is 0 Å². The fourth-order valence-corrected chi connectivity index (χ4v) is 2.84. The third-order valence-electron chi connectivity index (χ3n) is 4.05. The molecule has 0 spiro atoms. The summed E-state index contributed by atoms with van der Waals surface area (Å²) in [6, 6.07) is 0.458. The molecule has 0 aromatic carbocycles. The van der Waals surface area contributed by atoms with E-state index in [2.05, 4.69) is 17.6 Å². The van der Waals surface area contributed by atoms with Gasteiger partial charge >= 0.3 is 0 Å². The van der Waals surface area contributed by atoms with Gasteiger partial charge < -0.3 is 15.4 Å². The minimum Gasteiger partial charge on any atom is -0.381 e. The standard InChI is InChI=1S/C13H24N2O2/c1-2-10-4-3-6-14-12(10)8-15-13(16)11-5-7-17-9-11/h10-12,14H,2-9H2,1H3,(H,15,16). The molecule has 4 nitrogen and oxygen atoms in total. The first-order valence-electron chi connectivity index (χ1n) is 6.90. The van der Waals surface area contributed by atoms with Gasteiger partial charge in [0.15, 0.2) is 0 Å². The Morgan fingerprint density at radius 1 is 1.47 bits per heavy atom. The van der Waals surface area contributed by atoms with E-state index in [-0.39, 0.29) is 11.8 Å². The molecule has 17 heavy (non-hydrogen) atoms. The highest BCUT2D eigenvalue weighted by atomic mass is 16.5. The Kier molecular flexibility index (Phi) is 4.80. The fraction of sp³-hybridized carbons (Fsp3) is 0.923. The number of nitrogens with one attached hydrogen (secondary N) is 2. The molecule has 3 unspecified atom stereocenters. The average Bonchev–Trinajstić information content (AvgIpc) is 2.90. The van der Waals surface area contributed by atoms with Crippen LogP contribution in [0.15, 0.2) is 0 Å². The molecular weight excluding hydrogens is 216 g/mol. The first-order valence-corrected chi connectivity index (χ1v) is 6.90. The Labute approximate surface area is 103 Å². The molecule has 0 aromatic rings. The van der Waals surface area contributed by atoms with Gasteiger partial charge in [0.05, 0.1) is 12.5 Å². The minimum atomic E-state index is 0.0821. The van der Waals surface area contributed by atoms with Crippen LogP contribution < -0.4 is 10.6 Å². The van der Waals surface area contributed by atoms with Crippen LogP contribution >= 0.6 is 0 Å². The Bertz CT molecular complexity index is 252. The molecule has 2 aliphatic heterocycles. The highest BCUT2D eigenvalue weighted by Gasteiger charge is 2.26. The predicted octanol–water partition coefficient (Wildman–Crippen LogP) is 0.917. The van der Waals surface area contributed by atoms with E-state index in [1.807, 2.05) is 0 Å². The molecule has 2 N–H and O–H groups in total. The SMILES string of the molecule is CCC1CCCNC1CNC(=O)C1CCOC1. The second-order valence-electron chi connectivity index (χ2n) is 5.18. The Hall–Kier alpha value is -0.610. The maximum atomic E-state index is 11.9. The van der Waals surface area contributed by atoms with Gasteiger partial charge in [0, 0.05) is 19.2 Å². The highest BCUT2D eigenvalue weighted by Crippen LogP contribution is 2.19. The van der Waals surface area contributed by atoms with Crippen LogP contribution in [0, 0.1) is 11.8 Å². The normalized spacial score (nSPS) is 33.6. The van der Waals surface area contributed by atoms with Crippen molar-refractivity contribution in [1.29, 1.82) is 0 Å². The fourth-order valence-electron chi connectivity index (χ4n) is 2.84. The third kappa shape index (κ3) is 3.42. The number of piperidine rings is 1. The van der Waals surface area contributed by atoms with Crippen molar-refractivity contribution in [3.63, 3.8) is 0 Å². The number of hydrogen-bond donors (Lipinski definition) is 2. The van der Waals surface area contributed by atoms with Crippen molar-refractivity contribution in [3.05, 3.63) is 0 Å². The molecule has 2 rings (SSSR count). The van der Waals surface area contributed by atoms with Crippen molar-refractivity contribution in [3.8, 4) is 0 Å². The van der Waals surface area contributed by atoms with Gasteiger partial charge in [0.2, 0.25) is 5.91 Å². The first kappa shape index (κ1) is 12.8. The van der Waals surface area contributed by atoms with Gasteiger partial charge in [-0.1, -0.05) is 13.3 Å². The lowest BCUT2D eigenvalue weighted by Crippen LogP contribution is -2.49. The van der Waals surface area contributed by atoms with Crippen molar-refractivity contribution in [2.45, 2.75) is 38.6 Å². The summed E-state index contributed by atoms with van der Waals surface area (Å²) in [7, 11) is 0. The molecule has 0 aliphatic carbocycles. The van der Waals surface area contributed by atoms with Crippen LogP contribution in [0.3, 0.4) is 0 Å². The molecule has 98 valence electrons. The molecule has 1 amide bonds. The molecule has 0 aromatic heterocycles. The lowest BCUT2D eigenvalue weighted by Gasteiger charge is -2.32. The third-order valence-corrected chi connectivity index (χ3v) is 4.05. The van der Waals surface area contributed by atoms with Crippen LogP contribution in [-0.4, -0.2) is 38.3 Å². The maximum Gasteiger partial charge on any atom is 0.225 e. The van der Waals surface area contributed by atoms with Crippen LogP contribution in [0.5, 0.6) is 0 Å². The maximum absolute atomic E-state index is 11.9. The van der Waals surface area contributed by atoms with E-state index in [0.29, 0.717) is 18.6 Å². The van der Waals surface area contributed by atoms with Crippen molar-refractivity contribution in [2.75, 3.05) is 26.3 Å². The molecular formula is C13H24N2O2. The smallest absolute Gasteiger partial charge is 0.225 e. The largest absolute Gasteiger partial charge is 0.381 e. The summed E-state index contributed by atoms with van der Waals surface area (Å²) < 4.78 is 5.24. The zero-order valence-corrected chi connectivity index (χ0v) is 10.7. The van der Waals surface area contributed by atoms with Crippen LogP contribution in [-0.2, 0) is 9.53 Å². The molecule has 0 radical (unpaired) electrons. The molecule has 3 atom stereocenters. The van der Waals surface area contributed by atoms with E-state index in [0.717, 1.165) is 26.1 Å². The van der Waals surface area contributed by atoms with Gasteiger partial charge in [-0.3, -0.25) is 4.79 Å². The van der Waals surface area contributed by atoms with Crippen molar-refractivity contribution in [1.82, 2.24) is 10.6 Å². The second-order valence-corrected chi connectivity index (χ2v) is 5.18. The Morgan fingerprint density at radius 3 is 3.06 bits per heavy atom. The number of carbonyl (C=O) groups is 1. The molecule has 2 fully saturated rings. The summed E-state index contributed by atoms with van der Waals surface area (Å²) in [6.45, 7) is 5.42. The van der Waals surface area contributed by atoms with Gasteiger partial charge in [-0.05, 0) is 31.7 Å². The van der Waals surface area contributed by atoms with Crippen LogP contribution in [0.4, 0.5) is 0 Å². The van der Waals surface area contributed by atoms with E-state index >= 15 is 0 Å². The summed E-state index contributed by atoms with van der Waals surface area (Å²) in [5, 5.41) is 6.60. The molecule has 2 saturated heterocycles. The van der Waals surface area contributed by atoms with Crippen LogP contribution in [0.2, 0.25) is 0 Å². The van der Waals surface area contributed by atoms with Gasteiger partial charge in [-0.15, -0.1) is 0 Å². The lowest BCUT2D eigenvalue weighted by atomic mass is 9.88. The van der Waals surface area contributed by atoms with E-state index in [1.165, 1.54) is 19.3 Å². The molecule has 0 bridgehead atoms. The number of amides is 1. The predicted molar refractivity (Wildman–Crippen MR) is 66.7 cm³/mol. The summed E-state index contributed by atoms with van der Waals surface area (Å²) in [5.74, 6) is 0.965. The van der Waals surface area contributed by atoms with Crippen LogP contribution in [0.25, 0.3) is 0 Å². The first-order chi connectivity index (χ1) is 8.31. The molecule has 2 heterocycles. The monoisotopic (exact) mass is 240 g/mol. The van der Waals surface area contributed by atoms with Gasteiger partial charge in [-0.2, -0.15) is 0 Å². The zero-order valence-electron chi connectivity index (χ0n) is 10.7. The van der Waals surface area contributed by atoms with Crippen molar-refractivity contribution >= 4 is 5.91 Å². The summed E-state index contributed by atoms with van der Waals surface area (Å²) in [4.78, 5) is 11.9. The zero-order chi connectivity index (χ0) is 12.1. The minimum absolute atomic E-state index is 0.0821. The van der Waals surface area contributed by atoms with Crippen LogP contribution in [0.1, 0.15) is 32.6 Å². The Balaban J connectivity index is 1.74. The van der Waals surface area contributed by atoms with Gasteiger partial charge in [-0.25, -0.2) is 0 Å². The quantitative estimate of drug-likeness (QED) is 0.768. The summed E-state index contributed by atoms with van der Waals surface area (Å²) in [6.07, 6.45) is 4.62. The second kappa shape index (κ2) is 6.36.